The zero-order valence-electron chi connectivity index (χ0n) is 14.5. The number of rotatable bonds is 3. The van der Waals surface area contributed by atoms with Crippen LogP contribution in [-0.4, -0.2) is 24.8 Å². The van der Waals surface area contributed by atoms with Gasteiger partial charge in [-0.15, -0.1) is 0 Å². The number of para-hydroxylation sites is 1. The Morgan fingerprint density at radius 1 is 1.00 bits per heavy atom. The van der Waals surface area contributed by atoms with Crippen LogP contribution < -0.4 is 4.74 Å². The lowest BCUT2D eigenvalue weighted by Crippen LogP contribution is -2.55. The molecule has 0 N–H and O–H groups in total. The van der Waals surface area contributed by atoms with Crippen LogP contribution in [0.2, 0.25) is 0 Å². The van der Waals surface area contributed by atoms with Gasteiger partial charge in [0.1, 0.15) is 5.75 Å². The van der Waals surface area contributed by atoms with E-state index < -0.39 is 29.1 Å². The van der Waals surface area contributed by atoms with Crippen LogP contribution in [0.3, 0.4) is 0 Å². The third-order valence-corrected chi connectivity index (χ3v) is 5.11. The summed E-state index contributed by atoms with van der Waals surface area (Å²) < 4.78 is 16.3. The van der Waals surface area contributed by atoms with Crippen molar-refractivity contribution in [1.82, 2.24) is 0 Å². The van der Waals surface area contributed by atoms with Crippen LogP contribution >= 0.6 is 0 Å². The Morgan fingerprint density at radius 2 is 1.58 bits per heavy atom. The topological polar surface area (TPSA) is 61.8 Å². The maximum Gasteiger partial charge on any atom is 0.324 e. The molecule has 1 aromatic rings. The average Bonchev–Trinajstić information content (AvgIpc) is 2.53. The summed E-state index contributed by atoms with van der Waals surface area (Å²) >= 11 is 0. The second-order valence-electron chi connectivity index (χ2n) is 7.09. The van der Waals surface area contributed by atoms with Gasteiger partial charge in [0, 0.05) is 24.8 Å². The lowest BCUT2D eigenvalue weighted by molar-refractivity contribution is -0.244. The number of esters is 2. The number of ether oxygens (including phenoxy) is 3. The monoisotopic (exact) mass is 332 g/mol. The molecule has 1 heterocycles. The Balaban J connectivity index is 2.10. The van der Waals surface area contributed by atoms with Crippen molar-refractivity contribution in [3.63, 3.8) is 0 Å². The highest BCUT2D eigenvalue weighted by molar-refractivity contribution is 5.98. The van der Waals surface area contributed by atoms with Crippen molar-refractivity contribution in [2.24, 2.45) is 5.92 Å². The Morgan fingerprint density at radius 3 is 2.17 bits per heavy atom. The van der Waals surface area contributed by atoms with Crippen molar-refractivity contribution in [2.75, 3.05) is 7.11 Å². The number of carbonyl (C=O) groups is 2. The lowest BCUT2D eigenvalue weighted by atomic mass is 9.61. The first kappa shape index (κ1) is 16.8. The number of hydrogen-bond donors (Lipinski definition) is 0. The molecule has 1 saturated heterocycles. The molecule has 1 aromatic carbocycles. The third-order valence-electron chi connectivity index (χ3n) is 5.11. The maximum atomic E-state index is 12.7. The van der Waals surface area contributed by atoms with Gasteiger partial charge in [0.2, 0.25) is 0 Å². The summed E-state index contributed by atoms with van der Waals surface area (Å²) in [5, 5.41) is 0. The molecule has 0 unspecified atom stereocenters. The molecule has 0 spiro atoms. The average molecular weight is 332 g/mol. The van der Waals surface area contributed by atoms with Gasteiger partial charge in [-0.3, -0.25) is 9.59 Å². The fourth-order valence-corrected chi connectivity index (χ4v) is 4.12. The molecule has 0 amide bonds. The van der Waals surface area contributed by atoms with Crippen LogP contribution in [0, 0.1) is 5.92 Å². The van der Waals surface area contributed by atoms with E-state index in [0.29, 0.717) is 5.75 Å². The van der Waals surface area contributed by atoms with Crippen LogP contribution in [-0.2, 0) is 24.5 Å². The van der Waals surface area contributed by atoms with E-state index in [1.165, 1.54) is 0 Å². The van der Waals surface area contributed by atoms with Gasteiger partial charge in [-0.2, -0.15) is 0 Å². The minimum Gasteiger partial charge on any atom is -0.496 e. The highest BCUT2D eigenvalue weighted by Gasteiger charge is 2.56. The first-order chi connectivity index (χ1) is 11.4. The second kappa shape index (κ2) is 6.11. The van der Waals surface area contributed by atoms with E-state index in [1.807, 2.05) is 24.3 Å². The first-order valence-corrected chi connectivity index (χ1v) is 8.49. The van der Waals surface area contributed by atoms with E-state index >= 15 is 0 Å². The summed E-state index contributed by atoms with van der Waals surface area (Å²) in [7, 11) is 1.61. The summed E-state index contributed by atoms with van der Waals surface area (Å²) in [5.41, 5.74) is 0.265. The van der Waals surface area contributed by atoms with E-state index in [9.17, 15) is 9.59 Å². The van der Waals surface area contributed by atoms with Crippen LogP contribution in [0.15, 0.2) is 24.3 Å². The third kappa shape index (κ3) is 2.76. The van der Waals surface area contributed by atoms with Gasteiger partial charge in [-0.1, -0.05) is 37.5 Å². The summed E-state index contributed by atoms with van der Waals surface area (Å²) in [4.78, 5) is 25.5. The quantitative estimate of drug-likeness (QED) is 0.627. The molecule has 2 fully saturated rings. The zero-order chi connectivity index (χ0) is 17.4. The fourth-order valence-electron chi connectivity index (χ4n) is 4.12. The van der Waals surface area contributed by atoms with E-state index in [0.717, 1.165) is 37.7 Å². The molecule has 0 atom stereocenters. The van der Waals surface area contributed by atoms with Crippen molar-refractivity contribution >= 4 is 11.9 Å². The lowest BCUT2D eigenvalue weighted by Gasteiger charge is -2.45. The molecule has 0 bridgehead atoms. The van der Waals surface area contributed by atoms with Gasteiger partial charge in [-0.05, 0) is 18.9 Å². The van der Waals surface area contributed by atoms with Crippen molar-refractivity contribution in [2.45, 2.75) is 57.2 Å². The number of cyclic esters (lactones) is 2. The standard InChI is InChI=1S/C19H24O5/c1-18(2)23-16(20)15(17(21)24-18)19(11-7-4-8-12-19)13-9-5-6-10-14(13)22-3/h5-6,9-10,15H,4,7-8,11-12H2,1-3H3. The van der Waals surface area contributed by atoms with Gasteiger partial charge < -0.3 is 14.2 Å². The number of hydrogen-bond acceptors (Lipinski definition) is 5. The Hall–Kier alpha value is -2.04. The largest absolute Gasteiger partial charge is 0.496 e. The van der Waals surface area contributed by atoms with E-state index in [1.54, 1.807) is 21.0 Å². The molecule has 5 heteroatoms. The van der Waals surface area contributed by atoms with Gasteiger partial charge >= 0.3 is 11.9 Å². The molecule has 1 aliphatic carbocycles. The summed E-state index contributed by atoms with van der Waals surface area (Å²) in [5.74, 6) is -2.44. The predicted molar refractivity (Wildman–Crippen MR) is 87.5 cm³/mol. The smallest absolute Gasteiger partial charge is 0.324 e. The Kier molecular flexibility index (Phi) is 4.28. The molecule has 1 aliphatic heterocycles. The molecule has 24 heavy (non-hydrogen) atoms. The molecule has 2 aliphatic rings. The van der Waals surface area contributed by atoms with E-state index in [-0.39, 0.29) is 0 Å². The highest BCUT2D eigenvalue weighted by atomic mass is 16.7. The van der Waals surface area contributed by atoms with Crippen molar-refractivity contribution < 1.29 is 23.8 Å². The number of carbonyl (C=O) groups excluding carboxylic acids is 2. The molecule has 0 radical (unpaired) electrons. The van der Waals surface area contributed by atoms with Gasteiger partial charge in [-0.25, -0.2) is 0 Å². The Bertz CT molecular complexity index is 623. The van der Waals surface area contributed by atoms with Gasteiger partial charge in [0.05, 0.1) is 7.11 Å². The van der Waals surface area contributed by atoms with Crippen LogP contribution in [0.5, 0.6) is 5.75 Å². The molecular weight excluding hydrogens is 308 g/mol. The maximum absolute atomic E-state index is 12.7. The zero-order valence-corrected chi connectivity index (χ0v) is 14.5. The summed E-state index contributed by atoms with van der Waals surface area (Å²) in [6.45, 7) is 3.16. The molecule has 3 rings (SSSR count). The predicted octanol–water partition coefficient (Wildman–Crippen LogP) is 3.35. The SMILES string of the molecule is COc1ccccc1C1(C2C(=O)OC(C)(C)OC2=O)CCCCC1. The highest BCUT2D eigenvalue weighted by Crippen LogP contribution is 2.50. The minimum absolute atomic E-state index is 0.496. The summed E-state index contributed by atoms with van der Waals surface area (Å²) in [6.07, 6.45) is 4.49. The van der Waals surface area contributed by atoms with Gasteiger partial charge in [0.25, 0.3) is 5.79 Å². The Labute approximate surface area is 142 Å². The van der Waals surface area contributed by atoms with E-state index in [4.69, 9.17) is 14.2 Å². The second-order valence-corrected chi connectivity index (χ2v) is 7.09. The molecule has 130 valence electrons. The van der Waals surface area contributed by atoms with Crippen LogP contribution in [0.1, 0.15) is 51.5 Å². The summed E-state index contributed by atoms with van der Waals surface area (Å²) in [6, 6.07) is 7.62. The van der Waals surface area contributed by atoms with Gasteiger partial charge in [0.15, 0.2) is 5.92 Å². The minimum atomic E-state index is -1.21. The first-order valence-electron chi connectivity index (χ1n) is 8.49. The number of benzene rings is 1. The van der Waals surface area contributed by atoms with Crippen LogP contribution in [0.25, 0.3) is 0 Å². The fraction of sp³-hybridized carbons (Fsp3) is 0.579. The normalized spacial score (nSPS) is 23.3. The van der Waals surface area contributed by atoms with Crippen molar-refractivity contribution in [3.05, 3.63) is 29.8 Å². The van der Waals surface area contributed by atoms with Crippen LogP contribution in [0.4, 0.5) is 0 Å². The molecular formula is C19H24O5. The number of methoxy groups -OCH3 is 1. The van der Waals surface area contributed by atoms with Crippen molar-refractivity contribution in [3.8, 4) is 5.75 Å². The molecule has 1 saturated carbocycles. The molecule has 0 aromatic heterocycles. The van der Waals surface area contributed by atoms with Crippen molar-refractivity contribution in [1.29, 1.82) is 0 Å². The van der Waals surface area contributed by atoms with E-state index in [2.05, 4.69) is 0 Å². The molecule has 5 nitrogen and oxygen atoms in total.